The van der Waals surface area contributed by atoms with E-state index >= 15 is 0 Å². The zero-order valence-corrected chi connectivity index (χ0v) is 10.9. The Balaban J connectivity index is 2.60. The first-order chi connectivity index (χ1) is 9.15. The van der Waals surface area contributed by atoms with Gasteiger partial charge in [0.1, 0.15) is 5.75 Å². The van der Waals surface area contributed by atoms with Crippen LogP contribution < -0.4 is 4.74 Å². The van der Waals surface area contributed by atoms with Crippen LogP contribution in [0.3, 0.4) is 0 Å². The number of carboxylic acids is 1. The molecule has 0 saturated heterocycles. The van der Waals surface area contributed by atoms with Crippen LogP contribution in [0.4, 0.5) is 0 Å². The number of ether oxygens (including phenoxy) is 2. The molecule has 0 saturated carbocycles. The molecule has 2 rings (SSSR count). The van der Waals surface area contributed by atoms with Gasteiger partial charge in [-0.05, 0) is 23.8 Å². The largest absolute Gasteiger partial charge is 0.481 e. The van der Waals surface area contributed by atoms with Crippen molar-refractivity contribution in [3.63, 3.8) is 0 Å². The number of rotatable bonds is 5. The Hall–Kier alpha value is -2.07. The zero-order valence-electron chi connectivity index (χ0n) is 10.9. The number of aliphatic carboxylic acids is 1. The summed E-state index contributed by atoms with van der Waals surface area (Å²) in [5.74, 6) is -0.966. The van der Waals surface area contributed by atoms with Crippen LogP contribution in [0.15, 0.2) is 36.4 Å². The average molecular weight is 260 g/mol. The fourth-order valence-corrected chi connectivity index (χ4v) is 2.09. The summed E-state index contributed by atoms with van der Waals surface area (Å²) < 4.78 is 10.4. The van der Waals surface area contributed by atoms with Crippen molar-refractivity contribution in [3.05, 3.63) is 42.0 Å². The summed E-state index contributed by atoms with van der Waals surface area (Å²) in [6, 6.07) is 11.4. The highest BCUT2D eigenvalue weighted by Gasteiger charge is 2.21. The lowest BCUT2D eigenvalue weighted by atomic mass is 9.94. The second kappa shape index (κ2) is 5.71. The van der Waals surface area contributed by atoms with Crippen molar-refractivity contribution in [2.45, 2.75) is 12.8 Å². The highest BCUT2D eigenvalue weighted by molar-refractivity contribution is 5.92. The van der Waals surface area contributed by atoms with E-state index in [1.54, 1.807) is 13.0 Å². The molecule has 0 spiro atoms. The van der Waals surface area contributed by atoms with Crippen LogP contribution in [0.2, 0.25) is 0 Å². The zero-order chi connectivity index (χ0) is 13.8. The molecule has 0 bridgehead atoms. The van der Waals surface area contributed by atoms with Crippen LogP contribution in [0.5, 0.6) is 5.75 Å². The van der Waals surface area contributed by atoms with Gasteiger partial charge in [-0.1, -0.05) is 30.3 Å². The lowest BCUT2D eigenvalue weighted by Crippen LogP contribution is -2.11. The monoisotopic (exact) mass is 260 g/mol. The number of hydrogen-bond acceptors (Lipinski definition) is 3. The molecule has 2 aromatic carbocycles. The molecule has 4 nitrogen and oxygen atoms in total. The highest BCUT2D eigenvalue weighted by atomic mass is 16.7. The van der Waals surface area contributed by atoms with Crippen LogP contribution in [0.25, 0.3) is 10.8 Å². The third-order valence-corrected chi connectivity index (χ3v) is 3.07. The summed E-state index contributed by atoms with van der Waals surface area (Å²) in [6.45, 7) is 1.75. The molecule has 0 radical (unpaired) electrons. The number of benzene rings is 2. The van der Waals surface area contributed by atoms with Gasteiger partial charge in [0, 0.05) is 12.7 Å². The second-order valence-electron chi connectivity index (χ2n) is 4.31. The summed E-state index contributed by atoms with van der Waals surface area (Å²) in [4.78, 5) is 11.3. The van der Waals surface area contributed by atoms with Gasteiger partial charge < -0.3 is 14.6 Å². The molecular formula is C15H16O4. The number of hydrogen-bond donors (Lipinski definition) is 1. The van der Waals surface area contributed by atoms with E-state index in [2.05, 4.69) is 0 Å². The predicted octanol–water partition coefficient (Wildman–Crippen LogP) is 3.01. The minimum absolute atomic E-state index is 0.0949. The van der Waals surface area contributed by atoms with Gasteiger partial charge in [0.25, 0.3) is 0 Å². The van der Waals surface area contributed by atoms with E-state index in [1.165, 1.54) is 7.11 Å². The van der Waals surface area contributed by atoms with E-state index in [-0.39, 0.29) is 6.79 Å². The van der Waals surface area contributed by atoms with Crippen molar-refractivity contribution < 1.29 is 19.4 Å². The third-order valence-electron chi connectivity index (χ3n) is 3.07. The molecule has 100 valence electrons. The van der Waals surface area contributed by atoms with Gasteiger partial charge in [-0.25, -0.2) is 0 Å². The van der Waals surface area contributed by atoms with E-state index < -0.39 is 11.9 Å². The Morgan fingerprint density at radius 3 is 2.68 bits per heavy atom. The standard InChI is InChI=1S/C15H16O4/c1-10(15(16)17)14-12-6-4-3-5-11(12)7-8-13(14)19-9-18-2/h3-8,10H,9H2,1-2H3,(H,16,17). The molecule has 2 aromatic rings. The van der Waals surface area contributed by atoms with Crippen molar-refractivity contribution in [1.82, 2.24) is 0 Å². The summed E-state index contributed by atoms with van der Waals surface area (Å²) in [7, 11) is 1.53. The molecule has 1 atom stereocenters. The third kappa shape index (κ3) is 2.69. The first kappa shape index (κ1) is 13.4. The van der Waals surface area contributed by atoms with E-state index in [1.807, 2.05) is 30.3 Å². The normalized spacial score (nSPS) is 12.3. The number of carbonyl (C=O) groups is 1. The maximum Gasteiger partial charge on any atom is 0.310 e. The molecule has 0 aromatic heterocycles. The highest BCUT2D eigenvalue weighted by Crippen LogP contribution is 2.34. The molecule has 1 unspecified atom stereocenters. The van der Waals surface area contributed by atoms with E-state index in [0.717, 1.165) is 10.8 Å². The van der Waals surface area contributed by atoms with Gasteiger partial charge in [-0.3, -0.25) is 4.79 Å². The van der Waals surface area contributed by atoms with Gasteiger partial charge >= 0.3 is 5.97 Å². The molecular weight excluding hydrogens is 244 g/mol. The van der Waals surface area contributed by atoms with Crippen LogP contribution >= 0.6 is 0 Å². The Morgan fingerprint density at radius 2 is 2.00 bits per heavy atom. The van der Waals surface area contributed by atoms with Crippen molar-refractivity contribution in [2.24, 2.45) is 0 Å². The quantitative estimate of drug-likeness (QED) is 0.839. The Kier molecular flexibility index (Phi) is 4.02. The summed E-state index contributed by atoms with van der Waals surface area (Å²) in [5, 5.41) is 11.1. The Bertz CT molecular complexity index is 592. The van der Waals surface area contributed by atoms with Crippen molar-refractivity contribution in [1.29, 1.82) is 0 Å². The van der Waals surface area contributed by atoms with Crippen molar-refractivity contribution >= 4 is 16.7 Å². The van der Waals surface area contributed by atoms with Gasteiger partial charge in [-0.15, -0.1) is 0 Å². The van der Waals surface area contributed by atoms with Gasteiger partial charge in [0.15, 0.2) is 6.79 Å². The maximum atomic E-state index is 11.3. The minimum Gasteiger partial charge on any atom is -0.481 e. The van der Waals surface area contributed by atoms with Crippen LogP contribution in [0, 0.1) is 0 Å². The molecule has 0 amide bonds. The number of carboxylic acid groups (broad SMARTS) is 1. The van der Waals surface area contributed by atoms with Crippen molar-refractivity contribution in [3.8, 4) is 5.75 Å². The second-order valence-corrected chi connectivity index (χ2v) is 4.31. The first-order valence-electron chi connectivity index (χ1n) is 6.01. The molecule has 0 aliphatic rings. The lowest BCUT2D eigenvalue weighted by Gasteiger charge is -2.16. The molecule has 0 aliphatic carbocycles. The van der Waals surface area contributed by atoms with E-state index in [9.17, 15) is 9.90 Å². The predicted molar refractivity (Wildman–Crippen MR) is 72.5 cm³/mol. The summed E-state index contributed by atoms with van der Waals surface area (Å²) >= 11 is 0. The molecule has 1 N–H and O–H groups in total. The molecule has 19 heavy (non-hydrogen) atoms. The minimum atomic E-state index is -0.876. The molecule has 0 fully saturated rings. The van der Waals surface area contributed by atoms with E-state index in [0.29, 0.717) is 11.3 Å². The number of methoxy groups -OCH3 is 1. The lowest BCUT2D eigenvalue weighted by molar-refractivity contribution is -0.138. The maximum absolute atomic E-state index is 11.3. The van der Waals surface area contributed by atoms with Gasteiger partial charge in [0.2, 0.25) is 0 Å². The molecule has 4 heteroatoms. The fraction of sp³-hybridized carbons (Fsp3) is 0.267. The SMILES string of the molecule is COCOc1ccc2ccccc2c1C(C)C(=O)O. The summed E-state index contributed by atoms with van der Waals surface area (Å²) in [6.07, 6.45) is 0. The van der Waals surface area contributed by atoms with Crippen LogP contribution in [0.1, 0.15) is 18.4 Å². The Labute approximate surface area is 111 Å². The average Bonchev–Trinajstić information content (AvgIpc) is 2.43. The van der Waals surface area contributed by atoms with Crippen LogP contribution in [-0.4, -0.2) is 25.0 Å². The number of fused-ring (bicyclic) bond motifs is 1. The summed E-state index contributed by atoms with van der Waals surface area (Å²) in [5.41, 5.74) is 0.683. The molecule has 0 aliphatic heterocycles. The van der Waals surface area contributed by atoms with Gasteiger partial charge in [-0.2, -0.15) is 0 Å². The topological polar surface area (TPSA) is 55.8 Å². The molecule has 0 heterocycles. The van der Waals surface area contributed by atoms with Gasteiger partial charge in [0.05, 0.1) is 5.92 Å². The smallest absolute Gasteiger partial charge is 0.310 e. The van der Waals surface area contributed by atoms with Crippen molar-refractivity contribution in [2.75, 3.05) is 13.9 Å². The van der Waals surface area contributed by atoms with Crippen LogP contribution in [-0.2, 0) is 9.53 Å². The fourth-order valence-electron chi connectivity index (χ4n) is 2.09. The van der Waals surface area contributed by atoms with E-state index in [4.69, 9.17) is 9.47 Å². The Morgan fingerprint density at radius 1 is 1.26 bits per heavy atom. The first-order valence-corrected chi connectivity index (χ1v) is 6.01.